The van der Waals surface area contributed by atoms with Crippen molar-refractivity contribution in [3.8, 4) is 0 Å². The quantitative estimate of drug-likeness (QED) is 0.775. The molecule has 3 atom stereocenters. The molecule has 1 N–H and O–H groups in total. The lowest BCUT2D eigenvalue weighted by Gasteiger charge is -2.31. The normalized spacial score (nSPS) is 39.7. The highest BCUT2D eigenvalue weighted by Gasteiger charge is 2.40. The minimum absolute atomic E-state index is 0.356. The van der Waals surface area contributed by atoms with Gasteiger partial charge in [0.1, 0.15) is 0 Å². The molecule has 2 saturated heterocycles. The molecule has 0 bridgehead atoms. The Hall–Kier alpha value is -0.160. The minimum Gasteiger partial charge on any atom is -0.376 e. The Kier molecular flexibility index (Phi) is 3.66. The number of ether oxygens (including phenoxy) is 2. The van der Waals surface area contributed by atoms with Gasteiger partial charge >= 0.3 is 0 Å². The molecule has 17 heavy (non-hydrogen) atoms. The summed E-state index contributed by atoms with van der Waals surface area (Å²) >= 11 is 0. The lowest BCUT2D eigenvalue weighted by molar-refractivity contribution is -0.0209. The van der Waals surface area contributed by atoms with Crippen LogP contribution in [0.25, 0.3) is 0 Å². The summed E-state index contributed by atoms with van der Waals surface area (Å²) in [5.74, 6) is 0.838. The molecule has 0 spiro atoms. The fraction of sp³-hybridized carbons (Fsp3) is 1.00. The van der Waals surface area contributed by atoms with Gasteiger partial charge in [-0.2, -0.15) is 0 Å². The van der Waals surface area contributed by atoms with Crippen molar-refractivity contribution in [3.63, 3.8) is 0 Å². The molecule has 1 saturated carbocycles. The van der Waals surface area contributed by atoms with E-state index in [9.17, 15) is 0 Å². The molecule has 0 aromatic rings. The van der Waals surface area contributed by atoms with E-state index in [1.165, 1.54) is 19.3 Å². The van der Waals surface area contributed by atoms with E-state index in [0.29, 0.717) is 18.2 Å². The molecular weight excluding hydrogens is 216 g/mol. The van der Waals surface area contributed by atoms with Crippen molar-refractivity contribution in [2.75, 3.05) is 39.9 Å². The molecule has 3 aliphatic rings. The largest absolute Gasteiger partial charge is 0.376 e. The van der Waals surface area contributed by atoms with E-state index < -0.39 is 0 Å². The summed E-state index contributed by atoms with van der Waals surface area (Å²) in [6, 6.07) is 0.568. The second-order valence-corrected chi connectivity index (χ2v) is 5.73. The zero-order chi connectivity index (χ0) is 11.7. The van der Waals surface area contributed by atoms with Gasteiger partial charge in [-0.3, -0.25) is 0 Å². The first kappa shape index (κ1) is 11.9. The van der Waals surface area contributed by atoms with Crippen molar-refractivity contribution in [2.45, 2.75) is 37.5 Å². The molecule has 4 heteroatoms. The summed E-state index contributed by atoms with van der Waals surface area (Å²) in [6.45, 7) is 4.89. The summed E-state index contributed by atoms with van der Waals surface area (Å²) in [5.41, 5.74) is 0. The van der Waals surface area contributed by atoms with Gasteiger partial charge < -0.3 is 19.7 Å². The first-order valence-electron chi connectivity index (χ1n) is 6.98. The molecule has 3 fully saturated rings. The third-order valence-corrected chi connectivity index (χ3v) is 4.17. The van der Waals surface area contributed by atoms with Gasteiger partial charge in [0.2, 0.25) is 0 Å². The average Bonchev–Trinajstić information content (AvgIpc) is 3.06. The molecular formula is C13H24N2O2. The summed E-state index contributed by atoms with van der Waals surface area (Å²) < 4.78 is 11.6. The van der Waals surface area contributed by atoms with Crippen molar-refractivity contribution in [3.05, 3.63) is 0 Å². The maximum Gasteiger partial charge on any atom is 0.0826 e. The zero-order valence-electron chi connectivity index (χ0n) is 10.7. The summed E-state index contributed by atoms with van der Waals surface area (Å²) in [4.78, 5) is 2.35. The minimum atomic E-state index is 0.356. The van der Waals surface area contributed by atoms with Crippen LogP contribution in [0.1, 0.15) is 19.3 Å². The lowest BCUT2D eigenvalue weighted by Crippen LogP contribution is -2.48. The molecule has 0 amide bonds. The SMILES string of the molecule is CN1CCOC(CNC2CCOC2C2CC2)C1. The second kappa shape index (κ2) is 5.22. The molecule has 3 unspecified atom stereocenters. The predicted octanol–water partition coefficient (Wildman–Crippen LogP) is 0.474. The van der Waals surface area contributed by atoms with Crippen LogP contribution >= 0.6 is 0 Å². The monoisotopic (exact) mass is 240 g/mol. The summed E-state index contributed by atoms with van der Waals surface area (Å²) in [7, 11) is 2.17. The van der Waals surface area contributed by atoms with E-state index in [4.69, 9.17) is 9.47 Å². The Morgan fingerprint density at radius 2 is 2.06 bits per heavy atom. The van der Waals surface area contributed by atoms with Crippen LogP contribution in [-0.2, 0) is 9.47 Å². The van der Waals surface area contributed by atoms with E-state index in [1.807, 2.05) is 0 Å². The van der Waals surface area contributed by atoms with Crippen LogP contribution in [0, 0.1) is 5.92 Å². The summed E-state index contributed by atoms with van der Waals surface area (Å²) in [6.07, 6.45) is 4.74. The first-order chi connectivity index (χ1) is 8.33. The third kappa shape index (κ3) is 2.99. The fourth-order valence-corrected chi connectivity index (χ4v) is 2.99. The number of likely N-dealkylation sites (N-methyl/N-ethyl adjacent to an activating group) is 1. The van der Waals surface area contributed by atoms with E-state index in [1.54, 1.807) is 0 Å². The highest BCUT2D eigenvalue weighted by atomic mass is 16.5. The molecule has 3 rings (SSSR count). The first-order valence-corrected chi connectivity index (χ1v) is 6.98. The van der Waals surface area contributed by atoms with Crippen molar-refractivity contribution < 1.29 is 9.47 Å². The zero-order valence-corrected chi connectivity index (χ0v) is 10.7. The highest BCUT2D eigenvalue weighted by Crippen LogP contribution is 2.38. The molecule has 0 aromatic heterocycles. The third-order valence-electron chi connectivity index (χ3n) is 4.17. The van der Waals surface area contributed by atoms with Gasteiger partial charge in [0, 0.05) is 32.3 Å². The Morgan fingerprint density at radius 3 is 2.82 bits per heavy atom. The Labute approximate surface area is 104 Å². The predicted molar refractivity (Wildman–Crippen MR) is 66.1 cm³/mol. The van der Waals surface area contributed by atoms with E-state index in [-0.39, 0.29) is 0 Å². The van der Waals surface area contributed by atoms with Crippen molar-refractivity contribution in [2.24, 2.45) is 5.92 Å². The number of hydrogen-bond donors (Lipinski definition) is 1. The maximum absolute atomic E-state index is 5.84. The van der Waals surface area contributed by atoms with Crippen LogP contribution in [0.3, 0.4) is 0 Å². The van der Waals surface area contributed by atoms with E-state index >= 15 is 0 Å². The van der Waals surface area contributed by atoms with Crippen LogP contribution in [0.4, 0.5) is 0 Å². The Bertz CT molecular complexity index is 258. The smallest absolute Gasteiger partial charge is 0.0826 e. The van der Waals surface area contributed by atoms with Crippen LogP contribution in [0.5, 0.6) is 0 Å². The van der Waals surface area contributed by atoms with Gasteiger partial charge in [0.25, 0.3) is 0 Å². The maximum atomic E-state index is 5.84. The molecule has 2 aliphatic heterocycles. The Balaban J connectivity index is 1.43. The van der Waals surface area contributed by atoms with Gasteiger partial charge in [-0.1, -0.05) is 0 Å². The van der Waals surface area contributed by atoms with Gasteiger partial charge in [-0.05, 0) is 32.2 Å². The number of nitrogens with zero attached hydrogens (tertiary/aromatic N) is 1. The van der Waals surface area contributed by atoms with Crippen molar-refractivity contribution >= 4 is 0 Å². The van der Waals surface area contributed by atoms with Crippen LogP contribution in [0.15, 0.2) is 0 Å². The number of morpholine rings is 1. The van der Waals surface area contributed by atoms with Crippen molar-refractivity contribution in [1.29, 1.82) is 0 Å². The van der Waals surface area contributed by atoms with Gasteiger partial charge in [0.05, 0.1) is 18.8 Å². The molecule has 0 aromatic carbocycles. The topological polar surface area (TPSA) is 33.7 Å². The summed E-state index contributed by atoms with van der Waals surface area (Å²) in [5, 5.41) is 3.67. The number of hydrogen-bond acceptors (Lipinski definition) is 4. The number of nitrogens with one attached hydrogen (secondary N) is 1. The lowest BCUT2D eigenvalue weighted by atomic mass is 10.1. The van der Waals surface area contributed by atoms with E-state index in [2.05, 4.69) is 17.3 Å². The molecule has 2 heterocycles. The van der Waals surface area contributed by atoms with Crippen molar-refractivity contribution in [1.82, 2.24) is 10.2 Å². The van der Waals surface area contributed by atoms with Crippen LogP contribution in [0.2, 0.25) is 0 Å². The number of rotatable bonds is 4. The van der Waals surface area contributed by atoms with E-state index in [0.717, 1.165) is 38.8 Å². The highest BCUT2D eigenvalue weighted by molar-refractivity contribution is 4.94. The fourth-order valence-electron chi connectivity index (χ4n) is 2.99. The van der Waals surface area contributed by atoms with Crippen LogP contribution in [-0.4, -0.2) is 63.0 Å². The Morgan fingerprint density at radius 1 is 1.18 bits per heavy atom. The molecule has 1 aliphatic carbocycles. The van der Waals surface area contributed by atoms with Gasteiger partial charge in [0.15, 0.2) is 0 Å². The average molecular weight is 240 g/mol. The van der Waals surface area contributed by atoms with Gasteiger partial charge in [-0.15, -0.1) is 0 Å². The standard InChI is InChI=1S/C13H24N2O2/c1-15-5-7-16-11(9-15)8-14-12-4-6-17-13(12)10-2-3-10/h10-14H,2-9H2,1H3. The second-order valence-electron chi connectivity index (χ2n) is 5.73. The van der Waals surface area contributed by atoms with Gasteiger partial charge in [-0.25, -0.2) is 0 Å². The molecule has 4 nitrogen and oxygen atoms in total. The molecule has 98 valence electrons. The van der Waals surface area contributed by atoms with Crippen LogP contribution < -0.4 is 5.32 Å². The molecule has 0 radical (unpaired) electrons.